The van der Waals surface area contributed by atoms with Crippen molar-refractivity contribution in [3.05, 3.63) is 107 Å². The maximum absolute atomic E-state index is 12.0. The molecule has 5 atom stereocenters. The van der Waals surface area contributed by atoms with E-state index in [-0.39, 0.29) is 18.1 Å². The molecule has 1 fully saturated rings. The SMILES string of the molecule is CC[C@H]1O[C@@](O)(Cc2ccc(C)cc2)[C@H](OCc2ccccc2)[C@@H](OCc2ccccc2)[C@@H]1C. The minimum Gasteiger partial charge on any atom is -0.370 e. The van der Waals surface area contributed by atoms with Gasteiger partial charge in [-0.3, -0.25) is 0 Å². The summed E-state index contributed by atoms with van der Waals surface area (Å²) in [5.74, 6) is -1.44. The molecule has 0 bridgehead atoms. The van der Waals surface area contributed by atoms with Crippen LogP contribution in [0.15, 0.2) is 84.9 Å². The van der Waals surface area contributed by atoms with Crippen molar-refractivity contribution in [3.8, 4) is 0 Å². The van der Waals surface area contributed by atoms with Crippen molar-refractivity contribution in [1.82, 2.24) is 0 Å². The van der Waals surface area contributed by atoms with Crippen molar-refractivity contribution in [2.75, 3.05) is 0 Å². The summed E-state index contributed by atoms with van der Waals surface area (Å²) in [6.07, 6.45) is 0.0242. The Morgan fingerprint density at radius 3 is 1.91 bits per heavy atom. The fraction of sp³-hybridized carbons (Fsp3) is 0.400. The molecule has 0 radical (unpaired) electrons. The molecule has 1 aliphatic heterocycles. The summed E-state index contributed by atoms with van der Waals surface area (Å²) in [7, 11) is 0. The first-order valence-corrected chi connectivity index (χ1v) is 12.3. The third-order valence-electron chi connectivity index (χ3n) is 6.74. The lowest BCUT2D eigenvalue weighted by Gasteiger charge is -2.50. The number of hydrogen-bond donors (Lipinski definition) is 1. The molecule has 1 heterocycles. The largest absolute Gasteiger partial charge is 0.370 e. The van der Waals surface area contributed by atoms with Gasteiger partial charge in [-0.2, -0.15) is 0 Å². The zero-order chi connectivity index (χ0) is 24.0. The molecule has 4 rings (SSSR count). The maximum Gasteiger partial charge on any atom is 0.199 e. The monoisotopic (exact) mass is 460 g/mol. The summed E-state index contributed by atoms with van der Waals surface area (Å²) in [6.45, 7) is 7.11. The molecule has 4 heteroatoms. The Bertz CT molecular complexity index is 1000. The predicted octanol–water partition coefficient (Wildman–Crippen LogP) is 5.84. The molecule has 3 aromatic rings. The fourth-order valence-corrected chi connectivity index (χ4v) is 4.77. The molecule has 0 aliphatic carbocycles. The van der Waals surface area contributed by atoms with E-state index in [1.54, 1.807) is 0 Å². The molecule has 0 unspecified atom stereocenters. The zero-order valence-electron chi connectivity index (χ0n) is 20.4. The minimum absolute atomic E-state index is 0.0628. The van der Waals surface area contributed by atoms with Crippen LogP contribution >= 0.6 is 0 Å². The maximum atomic E-state index is 12.0. The van der Waals surface area contributed by atoms with Gasteiger partial charge >= 0.3 is 0 Å². The Kier molecular flexibility index (Phi) is 8.17. The van der Waals surface area contributed by atoms with E-state index in [1.165, 1.54) is 5.56 Å². The lowest BCUT2D eigenvalue weighted by Crippen LogP contribution is -2.63. The Labute approximate surface area is 203 Å². The van der Waals surface area contributed by atoms with Crippen LogP contribution in [0.3, 0.4) is 0 Å². The highest BCUT2D eigenvalue weighted by atomic mass is 16.7. The third kappa shape index (κ3) is 5.94. The topological polar surface area (TPSA) is 47.9 Å². The van der Waals surface area contributed by atoms with Crippen LogP contribution in [0.1, 0.15) is 42.5 Å². The molecule has 3 aromatic carbocycles. The second kappa shape index (κ2) is 11.3. The number of benzene rings is 3. The van der Waals surface area contributed by atoms with Gasteiger partial charge in [0.2, 0.25) is 0 Å². The molecular weight excluding hydrogens is 424 g/mol. The smallest absolute Gasteiger partial charge is 0.199 e. The van der Waals surface area contributed by atoms with Crippen LogP contribution in [0.4, 0.5) is 0 Å². The summed E-state index contributed by atoms with van der Waals surface area (Å²) in [4.78, 5) is 0. The van der Waals surface area contributed by atoms with Gasteiger partial charge in [-0.15, -0.1) is 0 Å². The Balaban J connectivity index is 1.63. The molecule has 1 saturated heterocycles. The van der Waals surface area contributed by atoms with E-state index >= 15 is 0 Å². The lowest BCUT2D eigenvalue weighted by molar-refractivity contribution is -0.351. The van der Waals surface area contributed by atoms with Crippen molar-refractivity contribution < 1.29 is 19.3 Å². The number of rotatable bonds is 9. The lowest BCUT2D eigenvalue weighted by atomic mass is 9.82. The molecule has 1 aliphatic rings. The van der Waals surface area contributed by atoms with Crippen LogP contribution in [-0.2, 0) is 33.8 Å². The Morgan fingerprint density at radius 1 is 0.794 bits per heavy atom. The van der Waals surface area contributed by atoms with E-state index in [2.05, 4.69) is 45.0 Å². The zero-order valence-corrected chi connectivity index (χ0v) is 20.4. The van der Waals surface area contributed by atoms with Crippen molar-refractivity contribution in [2.24, 2.45) is 5.92 Å². The van der Waals surface area contributed by atoms with E-state index < -0.39 is 11.9 Å². The van der Waals surface area contributed by atoms with Gasteiger partial charge in [0.15, 0.2) is 5.79 Å². The number of hydrogen-bond acceptors (Lipinski definition) is 4. The minimum atomic E-state index is -1.50. The van der Waals surface area contributed by atoms with Gasteiger partial charge in [-0.1, -0.05) is 104 Å². The van der Waals surface area contributed by atoms with E-state index in [1.807, 2.05) is 60.7 Å². The van der Waals surface area contributed by atoms with Crippen LogP contribution in [-0.4, -0.2) is 29.2 Å². The first-order chi connectivity index (χ1) is 16.5. The Hall–Kier alpha value is -2.50. The van der Waals surface area contributed by atoms with Crippen molar-refractivity contribution in [3.63, 3.8) is 0 Å². The third-order valence-corrected chi connectivity index (χ3v) is 6.74. The van der Waals surface area contributed by atoms with Crippen molar-refractivity contribution in [1.29, 1.82) is 0 Å². The Morgan fingerprint density at radius 2 is 1.35 bits per heavy atom. The number of ether oxygens (including phenoxy) is 3. The molecule has 0 spiro atoms. The normalized spacial score (nSPS) is 26.9. The highest BCUT2D eigenvalue weighted by Crippen LogP contribution is 2.39. The van der Waals surface area contributed by atoms with E-state index in [0.717, 1.165) is 23.1 Å². The molecule has 180 valence electrons. The summed E-state index contributed by atoms with van der Waals surface area (Å²) in [5.41, 5.74) is 4.33. The molecule has 4 nitrogen and oxygen atoms in total. The van der Waals surface area contributed by atoms with Gasteiger partial charge in [0.05, 0.1) is 25.4 Å². The van der Waals surface area contributed by atoms with E-state index in [0.29, 0.717) is 19.6 Å². The van der Waals surface area contributed by atoms with Crippen LogP contribution in [0.25, 0.3) is 0 Å². The van der Waals surface area contributed by atoms with Crippen molar-refractivity contribution in [2.45, 2.75) is 70.9 Å². The molecule has 0 saturated carbocycles. The predicted molar refractivity (Wildman–Crippen MR) is 134 cm³/mol. The summed E-state index contributed by atoms with van der Waals surface area (Å²) in [5, 5.41) is 12.0. The summed E-state index contributed by atoms with van der Waals surface area (Å²) >= 11 is 0. The van der Waals surface area contributed by atoms with E-state index in [4.69, 9.17) is 14.2 Å². The summed E-state index contributed by atoms with van der Waals surface area (Å²) in [6, 6.07) is 28.4. The van der Waals surface area contributed by atoms with Gasteiger partial charge in [0.25, 0.3) is 0 Å². The van der Waals surface area contributed by atoms with Crippen LogP contribution in [0.5, 0.6) is 0 Å². The van der Waals surface area contributed by atoms with E-state index in [9.17, 15) is 5.11 Å². The highest BCUT2D eigenvalue weighted by molar-refractivity contribution is 5.23. The first-order valence-electron chi connectivity index (χ1n) is 12.3. The molecular formula is C30H36O4. The number of aryl methyl sites for hydroxylation is 1. The average molecular weight is 461 g/mol. The van der Waals surface area contributed by atoms with Crippen LogP contribution in [0, 0.1) is 12.8 Å². The number of aliphatic hydroxyl groups is 1. The summed E-state index contributed by atoms with van der Waals surface area (Å²) < 4.78 is 19.3. The second-order valence-electron chi connectivity index (χ2n) is 9.41. The van der Waals surface area contributed by atoms with Gasteiger partial charge in [-0.25, -0.2) is 0 Å². The van der Waals surface area contributed by atoms with Crippen LogP contribution < -0.4 is 0 Å². The highest BCUT2D eigenvalue weighted by Gasteiger charge is 2.53. The van der Waals surface area contributed by atoms with Gasteiger partial charge in [0, 0.05) is 12.3 Å². The molecule has 34 heavy (non-hydrogen) atoms. The van der Waals surface area contributed by atoms with Gasteiger partial charge in [0.1, 0.15) is 6.10 Å². The second-order valence-corrected chi connectivity index (χ2v) is 9.41. The van der Waals surface area contributed by atoms with Crippen molar-refractivity contribution >= 4 is 0 Å². The molecule has 1 N–H and O–H groups in total. The first kappa shape index (κ1) is 24.6. The van der Waals surface area contributed by atoms with Crippen LogP contribution in [0.2, 0.25) is 0 Å². The standard InChI is InChI=1S/C30H36O4/c1-4-27-23(3)28(32-20-25-11-7-5-8-12-25)29(33-21-26-13-9-6-10-14-26)30(31,34-27)19-24-17-15-22(2)16-18-24/h5-18,23,27-29,31H,4,19-21H2,1-3H3/t23-,27-,28+,29-,30+/m1/s1. The fourth-order valence-electron chi connectivity index (χ4n) is 4.77. The molecule has 0 amide bonds. The van der Waals surface area contributed by atoms with Gasteiger partial charge < -0.3 is 19.3 Å². The quantitative estimate of drug-likeness (QED) is 0.436. The average Bonchev–Trinajstić information content (AvgIpc) is 2.86. The molecule has 0 aromatic heterocycles. The van der Waals surface area contributed by atoms with Gasteiger partial charge in [-0.05, 0) is 30.0 Å².